The molecular weight excluding hydrogens is 362 g/mol. The molecule has 1 heterocycles. The van der Waals surface area contributed by atoms with Gasteiger partial charge in [-0.05, 0) is 69.5 Å². The second-order valence-electron chi connectivity index (χ2n) is 7.96. The number of amides is 1. The minimum Gasteiger partial charge on any atom is -0.495 e. The fraction of sp³-hybridized carbons (Fsp3) is 0.458. The van der Waals surface area contributed by atoms with Crippen molar-refractivity contribution in [1.29, 1.82) is 0 Å². The van der Waals surface area contributed by atoms with E-state index in [0.717, 1.165) is 25.2 Å². The van der Waals surface area contributed by atoms with Gasteiger partial charge in [-0.15, -0.1) is 0 Å². The Morgan fingerprint density at radius 2 is 1.90 bits per heavy atom. The number of methoxy groups -OCH3 is 1. The van der Waals surface area contributed by atoms with E-state index in [0.29, 0.717) is 11.4 Å². The van der Waals surface area contributed by atoms with Gasteiger partial charge in [0.15, 0.2) is 0 Å². The van der Waals surface area contributed by atoms with E-state index in [1.165, 1.54) is 30.5 Å². The van der Waals surface area contributed by atoms with Crippen molar-refractivity contribution >= 4 is 17.3 Å². The van der Waals surface area contributed by atoms with Crippen LogP contribution in [0.5, 0.6) is 5.75 Å². The number of carbonyl (C=O) groups is 1. The second kappa shape index (κ2) is 9.79. The summed E-state index contributed by atoms with van der Waals surface area (Å²) in [6.45, 7) is 6.91. The SMILES string of the molecule is COc1ccc(C)cc1NC(=O)[C@@H](C)N(C)Cc1ccccc1N1CCCCC1. The van der Waals surface area contributed by atoms with E-state index in [2.05, 4.69) is 39.4 Å². The van der Waals surface area contributed by atoms with Crippen molar-refractivity contribution in [2.24, 2.45) is 0 Å². The van der Waals surface area contributed by atoms with Crippen molar-refractivity contribution in [3.8, 4) is 5.75 Å². The van der Waals surface area contributed by atoms with Crippen molar-refractivity contribution in [3.05, 3.63) is 53.6 Å². The first-order chi connectivity index (χ1) is 14.0. The molecular formula is C24H33N3O2. The molecule has 1 saturated heterocycles. The van der Waals surface area contributed by atoms with Crippen LogP contribution in [-0.2, 0) is 11.3 Å². The molecule has 0 aromatic heterocycles. The number of para-hydroxylation sites is 1. The van der Waals surface area contributed by atoms with Crippen LogP contribution in [0, 0.1) is 6.92 Å². The lowest BCUT2D eigenvalue weighted by Crippen LogP contribution is -2.39. The Morgan fingerprint density at radius 1 is 1.17 bits per heavy atom. The number of anilines is 2. The fourth-order valence-electron chi connectivity index (χ4n) is 3.85. The first kappa shape index (κ1) is 21.2. The van der Waals surface area contributed by atoms with E-state index in [1.54, 1.807) is 7.11 Å². The molecule has 1 amide bonds. The molecule has 1 aliphatic rings. The van der Waals surface area contributed by atoms with Gasteiger partial charge >= 0.3 is 0 Å². The number of aryl methyl sites for hydroxylation is 1. The number of nitrogens with zero attached hydrogens (tertiary/aromatic N) is 2. The Balaban J connectivity index is 1.69. The summed E-state index contributed by atoms with van der Waals surface area (Å²) < 4.78 is 5.39. The van der Waals surface area contributed by atoms with Crippen LogP contribution in [-0.4, -0.2) is 44.1 Å². The van der Waals surface area contributed by atoms with Crippen LogP contribution in [0.3, 0.4) is 0 Å². The third-order valence-electron chi connectivity index (χ3n) is 5.76. The highest BCUT2D eigenvalue weighted by Crippen LogP contribution is 2.27. The Labute approximate surface area is 174 Å². The number of hydrogen-bond acceptors (Lipinski definition) is 4. The summed E-state index contributed by atoms with van der Waals surface area (Å²) in [6, 6.07) is 14.1. The van der Waals surface area contributed by atoms with Crippen molar-refractivity contribution < 1.29 is 9.53 Å². The van der Waals surface area contributed by atoms with Gasteiger partial charge in [0, 0.05) is 25.3 Å². The number of nitrogens with one attached hydrogen (secondary N) is 1. The zero-order valence-corrected chi connectivity index (χ0v) is 18.1. The van der Waals surface area contributed by atoms with E-state index >= 15 is 0 Å². The van der Waals surface area contributed by atoms with Crippen LogP contribution in [0.1, 0.15) is 37.3 Å². The molecule has 0 saturated carbocycles. The monoisotopic (exact) mass is 395 g/mol. The maximum atomic E-state index is 12.9. The standard InChI is InChI=1S/C24H33N3O2/c1-18-12-13-23(29-4)21(16-18)25-24(28)19(2)26(3)17-20-10-6-7-11-22(20)27-14-8-5-9-15-27/h6-7,10-13,16,19H,5,8-9,14-15,17H2,1-4H3,(H,25,28)/t19-/m1/s1. The Kier molecular flexibility index (Phi) is 7.15. The van der Waals surface area contributed by atoms with E-state index in [-0.39, 0.29) is 11.9 Å². The van der Waals surface area contributed by atoms with Gasteiger partial charge in [0.2, 0.25) is 5.91 Å². The Hall–Kier alpha value is -2.53. The lowest BCUT2D eigenvalue weighted by molar-refractivity contribution is -0.120. The smallest absolute Gasteiger partial charge is 0.241 e. The maximum absolute atomic E-state index is 12.9. The van der Waals surface area contributed by atoms with Crippen LogP contribution in [0.4, 0.5) is 11.4 Å². The van der Waals surface area contributed by atoms with E-state index in [9.17, 15) is 4.79 Å². The molecule has 5 nitrogen and oxygen atoms in total. The topological polar surface area (TPSA) is 44.8 Å². The zero-order chi connectivity index (χ0) is 20.8. The van der Waals surface area contributed by atoms with Crippen LogP contribution in [0.25, 0.3) is 0 Å². The van der Waals surface area contributed by atoms with Crippen LogP contribution < -0.4 is 15.0 Å². The van der Waals surface area contributed by atoms with Gasteiger partial charge in [0.05, 0.1) is 18.8 Å². The average Bonchev–Trinajstić information content (AvgIpc) is 2.74. The minimum absolute atomic E-state index is 0.0353. The molecule has 1 atom stereocenters. The predicted molar refractivity (Wildman–Crippen MR) is 120 cm³/mol. The van der Waals surface area contributed by atoms with Gasteiger partial charge in [0.1, 0.15) is 5.75 Å². The number of likely N-dealkylation sites (N-methyl/N-ethyl adjacent to an activating group) is 1. The van der Waals surface area contributed by atoms with Gasteiger partial charge < -0.3 is 15.0 Å². The first-order valence-electron chi connectivity index (χ1n) is 10.5. The van der Waals surface area contributed by atoms with Gasteiger partial charge in [-0.3, -0.25) is 9.69 Å². The molecule has 3 rings (SSSR count). The third-order valence-corrected chi connectivity index (χ3v) is 5.76. The lowest BCUT2D eigenvalue weighted by Gasteiger charge is -2.32. The molecule has 0 spiro atoms. The molecule has 156 valence electrons. The molecule has 5 heteroatoms. The first-order valence-corrected chi connectivity index (χ1v) is 10.5. The van der Waals surface area contributed by atoms with E-state index < -0.39 is 0 Å². The molecule has 0 radical (unpaired) electrons. The summed E-state index contributed by atoms with van der Waals surface area (Å²) in [6.07, 6.45) is 3.82. The quantitative estimate of drug-likeness (QED) is 0.752. The number of benzene rings is 2. The highest BCUT2D eigenvalue weighted by atomic mass is 16.5. The van der Waals surface area contributed by atoms with Crippen molar-refractivity contribution in [2.45, 2.75) is 45.7 Å². The molecule has 1 aliphatic heterocycles. The highest BCUT2D eigenvalue weighted by Gasteiger charge is 2.21. The fourth-order valence-corrected chi connectivity index (χ4v) is 3.85. The largest absolute Gasteiger partial charge is 0.495 e. The third kappa shape index (κ3) is 5.30. The maximum Gasteiger partial charge on any atom is 0.241 e. The van der Waals surface area contributed by atoms with Crippen molar-refractivity contribution in [2.75, 3.05) is 37.5 Å². The second-order valence-corrected chi connectivity index (χ2v) is 7.96. The van der Waals surface area contributed by atoms with Crippen molar-refractivity contribution in [3.63, 3.8) is 0 Å². The van der Waals surface area contributed by atoms with Crippen LogP contribution in [0.15, 0.2) is 42.5 Å². The molecule has 2 aromatic carbocycles. The summed E-state index contributed by atoms with van der Waals surface area (Å²) in [5.41, 5.74) is 4.36. The zero-order valence-electron chi connectivity index (χ0n) is 18.1. The molecule has 2 aromatic rings. The number of ether oxygens (including phenoxy) is 1. The summed E-state index contributed by atoms with van der Waals surface area (Å²) in [5, 5.41) is 3.03. The Bertz CT molecular complexity index is 831. The van der Waals surface area contributed by atoms with Gasteiger partial charge in [-0.1, -0.05) is 24.3 Å². The number of carbonyl (C=O) groups excluding carboxylic acids is 1. The summed E-state index contributed by atoms with van der Waals surface area (Å²) in [5.74, 6) is 0.640. The molecule has 1 N–H and O–H groups in total. The van der Waals surface area contributed by atoms with Crippen LogP contribution in [0.2, 0.25) is 0 Å². The van der Waals surface area contributed by atoms with E-state index in [1.807, 2.05) is 39.1 Å². The number of piperidine rings is 1. The molecule has 0 bridgehead atoms. The average molecular weight is 396 g/mol. The molecule has 0 unspecified atom stereocenters. The number of hydrogen-bond donors (Lipinski definition) is 1. The molecule has 1 fully saturated rings. The molecule has 29 heavy (non-hydrogen) atoms. The highest BCUT2D eigenvalue weighted by molar-refractivity contribution is 5.95. The normalized spacial score (nSPS) is 15.3. The lowest BCUT2D eigenvalue weighted by atomic mass is 10.1. The van der Waals surface area contributed by atoms with Gasteiger partial charge in [-0.25, -0.2) is 0 Å². The number of rotatable bonds is 7. The van der Waals surface area contributed by atoms with Crippen LogP contribution >= 0.6 is 0 Å². The predicted octanol–water partition coefficient (Wildman–Crippen LogP) is 4.45. The van der Waals surface area contributed by atoms with Gasteiger partial charge in [-0.2, -0.15) is 0 Å². The van der Waals surface area contributed by atoms with E-state index in [4.69, 9.17) is 4.74 Å². The Morgan fingerprint density at radius 3 is 2.62 bits per heavy atom. The summed E-state index contributed by atoms with van der Waals surface area (Å²) in [4.78, 5) is 17.5. The summed E-state index contributed by atoms with van der Waals surface area (Å²) >= 11 is 0. The van der Waals surface area contributed by atoms with Gasteiger partial charge in [0.25, 0.3) is 0 Å². The molecule has 0 aliphatic carbocycles. The minimum atomic E-state index is -0.269. The summed E-state index contributed by atoms with van der Waals surface area (Å²) in [7, 11) is 3.62. The van der Waals surface area contributed by atoms with Crippen molar-refractivity contribution in [1.82, 2.24) is 4.90 Å².